The summed E-state index contributed by atoms with van der Waals surface area (Å²) < 4.78 is 0. The highest BCUT2D eigenvalue weighted by molar-refractivity contribution is 9.09. The molecule has 0 radical (unpaired) electrons. The number of alkyl halides is 1. The lowest BCUT2D eigenvalue weighted by Crippen LogP contribution is -2.32. The van der Waals surface area contributed by atoms with Crippen LogP contribution in [-0.4, -0.2) is 22.4 Å². The highest BCUT2D eigenvalue weighted by Gasteiger charge is 2.09. The van der Waals surface area contributed by atoms with Crippen molar-refractivity contribution in [1.29, 1.82) is 0 Å². The van der Waals surface area contributed by atoms with Crippen LogP contribution in [0.5, 0.6) is 5.75 Å². The van der Waals surface area contributed by atoms with Crippen LogP contribution in [0.15, 0.2) is 24.3 Å². The summed E-state index contributed by atoms with van der Waals surface area (Å²) >= 11 is 3.32. The van der Waals surface area contributed by atoms with Gasteiger partial charge in [-0.25, -0.2) is 0 Å². The van der Waals surface area contributed by atoms with E-state index in [4.69, 9.17) is 0 Å². The second kappa shape index (κ2) is 5.75. The fourth-order valence-electron chi connectivity index (χ4n) is 1.19. The Labute approximate surface area is 97.6 Å². The Bertz CT molecular complexity index is 341. The van der Waals surface area contributed by atoms with Crippen molar-refractivity contribution in [3.05, 3.63) is 29.8 Å². The van der Waals surface area contributed by atoms with Gasteiger partial charge in [-0.2, -0.15) is 0 Å². The lowest BCUT2D eigenvalue weighted by Gasteiger charge is -2.12. The van der Waals surface area contributed by atoms with E-state index in [-0.39, 0.29) is 17.7 Å². The number of rotatable bonds is 4. The van der Waals surface area contributed by atoms with Gasteiger partial charge in [0.05, 0.1) is 0 Å². The first-order valence-electron chi connectivity index (χ1n) is 4.79. The van der Waals surface area contributed by atoms with Gasteiger partial charge in [-0.1, -0.05) is 22.0 Å². The van der Waals surface area contributed by atoms with Gasteiger partial charge in [-0.3, -0.25) is 4.79 Å². The van der Waals surface area contributed by atoms with Crippen LogP contribution in [0.3, 0.4) is 0 Å². The summed E-state index contributed by atoms with van der Waals surface area (Å²) in [5.74, 6) is -0.0462. The summed E-state index contributed by atoms with van der Waals surface area (Å²) in [6, 6.07) is 6.45. The Morgan fingerprint density at radius 1 is 1.60 bits per heavy atom. The normalized spacial score (nSPS) is 12.1. The van der Waals surface area contributed by atoms with Crippen molar-refractivity contribution in [1.82, 2.24) is 5.32 Å². The topological polar surface area (TPSA) is 49.3 Å². The molecule has 0 saturated heterocycles. The predicted octanol–water partition coefficient (Wildman–Crippen LogP) is 2.30. The van der Waals surface area contributed by atoms with Crippen LogP contribution in [0.4, 0.5) is 0 Å². The van der Waals surface area contributed by atoms with Gasteiger partial charge in [0, 0.05) is 16.9 Å². The van der Waals surface area contributed by atoms with E-state index in [9.17, 15) is 9.90 Å². The number of benzene rings is 1. The lowest BCUT2D eigenvalue weighted by molar-refractivity contribution is 0.0939. The summed E-state index contributed by atoms with van der Waals surface area (Å²) in [5.41, 5.74) is 0.483. The Balaban J connectivity index is 2.61. The number of phenolic OH excluding ortho intramolecular Hbond substituents is 1. The van der Waals surface area contributed by atoms with E-state index in [1.165, 1.54) is 6.07 Å². The van der Waals surface area contributed by atoms with Crippen LogP contribution in [0.25, 0.3) is 0 Å². The maximum Gasteiger partial charge on any atom is 0.251 e. The van der Waals surface area contributed by atoms with Gasteiger partial charge in [0.15, 0.2) is 0 Å². The van der Waals surface area contributed by atoms with Crippen molar-refractivity contribution >= 4 is 21.8 Å². The molecule has 0 saturated carbocycles. The molecule has 3 nitrogen and oxygen atoms in total. The molecule has 0 aromatic heterocycles. The fraction of sp³-hybridized carbons (Fsp3) is 0.364. The van der Waals surface area contributed by atoms with Crippen molar-refractivity contribution < 1.29 is 9.90 Å². The number of halogens is 1. The lowest BCUT2D eigenvalue weighted by atomic mass is 10.2. The maximum atomic E-state index is 11.6. The van der Waals surface area contributed by atoms with Gasteiger partial charge in [0.25, 0.3) is 5.91 Å². The quantitative estimate of drug-likeness (QED) is 0.826. The Morgan fingerprint density at radius 3 is 2.93 bits per heavy atom. The van der Waals surface area contributed by atoms with Gasteiger partial charge in [0.1, 0.15) is 5.75 Å². The average molecular weight is 272 g/mol. The van der Waals surface area contributed by atoms with Gasteiger partial charge in [-0.05, 0) is 31.5 Å². The van der Waals surface area contributed by atoms with Crippen LogP contribution in [0, 0.1) is 0 Å². The van der Waals surface area contributed by atoms with E-state index < -0.39 is 0 Å². The van der Waals surface area contributed by atoms with Crippen molar-refractivity contribution in [2.45, 2.75) is 19.4 Å². The Morgan fingerprint density at radius 2 is 2.33 bits per heavy atom. The van der Waals surface area contributed by atoms with E-state index in [0.29, 0.717) is 5.56 Å². The van der Waals surface area contributed by atoms with E-state index >= 15 is 0 Å². The number of hydrogen-bond donors (Lipinski definition) is 2. The molecule has 0 bridgehead atoms. The molecule has 4 heteroatoms. The van der Waals surface area contributed by atoms with Crippen molar-refractivity contribution in [3.63, 3.8) is 0 Å². The van der Waals surface area contributed by atoms with Gasteiger partial charge < -0.3 is 10.4 Å². The second-order valence-electron chi connectivity index (χ2n) is 3.40. The third-order valence-electron chi connectivity index (χ3n) is 2.03. The van der Waals surface area contributed by atoms with E-state index in [1.807, 2.05) is 6.92 Å². The zero-order valence-electron chi connectivity index (χ0n) is 8.53. The zero-order valence-corrected chi connectivity index (χ0v) is 10.1. The molecule has 1 amide bonds. The highest BCUT2D eigenvalue weighted by atomic mass is 79.9. The summed E-state index contributed by atoms with van der Waals surface area (Å²) in [6.07, 6.45) is 0.880. The number of carbonyl (C=O) groups is 1. The van der Waals surface area contributed by atoms with E-state index in [2.05, 4.69) is 21.2 Å². The molecule has 1 rings (SSSR count). The monoisotopic (exact) mass is 271 g/mol. The molecular formula is C11H14BrNO2. The van der Waals surface area contributed by atoms with Crippen LogP contribution in [0.2, 0.25) is 0 Å². The summed E-state index contributed by atoms with van der Waals surface area (Å²) in [4.78, 5) is 11.6. The van der Waals surface area contributed by atoms with Crippen molar-refractivity contribution in [2.75, 3.05) is 5.33 Å². The number of amides is 1. The average Bonchev–Trinajstić information content (AvgIpc) is 2.18. The molecular weight excluding hydrogens is 258 g/mol. The van der Waals surface area contributed by atoms with Gasteiger partial charge >= 0.3 is 0 Å². The predicted molar refractivity (Wildman–Crippen MR) is 63.4 cm³/mol. The Kier molecular flexibility index (Phi) is 4.62. The standard InChI is InChI=1S/C11H14BrNO2/c1-8(5-6-12)13-11(15)9-3-2-4-10(14)7-9/h2-4,7-8,14H,5-6H2,1H3,(H,13,15). The summed E-state index contributed by atoms with van der Waals surface area (Å²) in [7, 11) is 0. The van der Waals surface area contributed by atoms with Crippen molar-refractivity contribution in [2.24, 2.45) is 0 Å². The molecule has 2 N–H and O–H groups in total. The van der Waals surface area contributed by atoms with Crippen LogP contribution >= 0.6 is 15.9 Å². The van der Waals surface area contributed by atoms with E-state index in [0.717, 1.165) is 11.8 Å². The third-order valence-corrected chi connectivity index (χ3v) is 2.49. The zero-order chi connectivity index (χ0) is 11.3. The van der Waals surface area contributed by atoms with Crippen molar-refractivity contribution in [3.8, 4) is 5.75 Å². The third kappa shape index (κ3) is 3.91. The molecule has 0 heterocycles. The number of aromatic hydroxyl groups is 1. The first-order chi connectivity index (χ1) is 7.13. The van der Waals surface area contributed by atoms with Crippen LogP contribution in [-0.2, 0) is 0 Å². The molecule has 1 aromatic rings. The molecule has 0 spiro atoms. The minimum absolute atomic E-state index is 0.107. The first-order valence-corrected chi connectivity index (χ1v) is 5.91. The van der Waals surface area contributed by atoms with Crippen LogP contribution in [0.1, 0.15) is 23.7 Å². The van der Waals surface area contributed by atoms with E-state index in [1.54, 1.807) is 18.2 Å². The van der Waals surface area contributed by atoms with Gasteiger partial charge in [-0.15, -0.1) is 0 Å². The minimum atomic E-state index is -0.153. The largest absolute Gasteiger partial charge is 0.508 e. The molecule has 1 atom stereocenters. The molecule has 1 unspecified atom stereocenters. The number of hydrogen-bond acceptors (Lipinski definition) is 2. The number of nitrogens with one attached hydrogen (secondary N) is 1. The smallest absolute Gasteiger partial charge is 0.251 e. The Hall–Kier alpha value is -1.03. The highest BCUT2D eigenvalue weighted by Crippen LogP contribution is 2.11. The maximum absolute atomic E-state index is 11.6. The molecule has 0 aliphatic heterocycles. The number of carbonyl (C=O) groups excluding carboxylic acids is 1. The molecule has 15 heavy (non-hydrogen) atoms. The fourth-order valence-corrected chi connectivity index (χ4v) is 1.88. The molecule has 0 aliphatic rings. The second-order valence-corrected chi connectivity index (χ2v) is 4.20. The molecule has 0 aliphatic carbocycles. The first kappa shape index (κ1) is 12.0. The van der Waals surface area contributed by atoms with Crippen LogP contribution < -0.4 is 5.32 Å². The summed E-state index contributed by atoms with van der Waals surface area (Å²) in [5, 5.41) is 12.9. The molecule has 82 valence electrons. The SMILES string of the molecule is CC(CCBr)NC(=O)c1cccc(O)c1. The molecule has 0 fully saturated rings. The molecule has 1 aromatic carbocycles. The number of phenols is 1. The summed E-state index contributed by atoms with van der Waals surface area (Å²) in [6.45, 7) is 1.95. The minimum Gasteiger partial charge on any atom is -0.508 e. The van der Waals surface area contributed by atoms with Gasteiger partial charge in [0.2, 0.25) is 0 Å².